The van der Waals surface area contributed by atoms with Crippen molar-refractivity contribution in [2.75, 3.05) is 33.7 Å². The molecule has 4 rings (SSSR count). The molecule has 142 valence electrons. The molecule has 0 bridgehead atoms. The van der Waals surface area contributed by atoms with Gasteiger partial charge in [-0.15, -0.1) is 11.3 Å². The molecule has 3 heterocycles. The van der Waals surface area contributed by atoms with Gasteiger partial charge in [-0.3, -0.25) is 9.78 Å². The molecule has 2 saturated heterocycles. The Morgan fingerprint density at radius 1 is 1.26 bits per heavy atom. The number of nitrogens with zero attached hydrogens (tertiary/aromatic N) is 4. The van der Waals surface area contributed by atoms with Gasteiger partial charge >= 0.3 is 6.03 Å². The monoisotopic (exact) mass is 388 g/mol. The Balaban J connectivity index is 1.63. The summed E-state index contributed by atoms with van der Waals surface area (Å²) in [5.41, 5.74) is 2.43. The third-order valence-corrected chi connectivity index (χ3v) is 6.17. The predicted octanol–water partition coefficient (Wildman–Crippen LogP) is 2.71. The number of aromatic nitrogens is 1. The first-order valence-corrected chi connectivity index (χ1v) is 9.75. The number of carbonyl (C=O) groups excluding carboxylic acids is 2. The number of amides is 3. The van der Waals surface area contributed by atoms with E-state index in [-0.39, 0.29) is 35.6 Å². The lowest BCUT2D eigenvalue weighted by molar-refractivity contribution is 0.0771. The van der Waals surface area contributed by atoms with Crippen LogP contribution in [0.5, 0.6) is 0 Å². The van der Waals surface area contributed by atoms with E-state index in [9.17, 15) is 14.0 Å². The molecule has 0 saturated carbocycles. The largest absolute Gasteiger partial charge is 0.337 e. The number of fused-ring (bicyclic) bond motifs is 1. The summed E-state index contributed by atoms with van der Waals surface area (Å²) < 4.78 is 13.9. The molecule has 27 heavy (non-hydrogen) atoms. The molecule has 0 N–H and O–H groups in total. The number of rotatable bonds is 2. The smallest absolute Gasteiger partial charge is 0.320 e. The van der Waals surface area contributed by atoms with E-state index >= 15 is 0 Å². The van der Waals surface area contributed by atoms with Gasteiger partial charge in [0.05, 0.1) is 17.7 Å². The SMILES string of the molecule is CN(C)C(=O)N1C[C@H]2CN(C(=O)c3cncs3)C[C@H]2[C@@H]1c1cccc(F)c1. The van der Waals surface area contributed by atoms with Crippen LogP contribution in [-0.2, 0) is 0 Å². The van der Waals surface area contributed by atoms with Gasteiger partial charge in [0.25, 0.3) is 5.91 Å². The molecule has 2 aliphatic rings. The lowest BCUT2D eigenvalue weighted by Gasteiger charge is -2.31. The van der Waals surface area contributed by atoms with E-state index in [0.717, 1.165) is 5.56 Å². The van der Waals surface area contributed by atoms with Gasteiger partial charge in [-0.25, -0.2) is 9.18 Å². The quantitative estimate of drug-likeness (QED) is 0.795. The predicted molar refractivity (Wildman–Crippen MR) is 99.9 cm³/mol. The van der Waals surface area contributed by atoms with E-state index in [2.05, 4.69) is 4.98 Å². The van der Waals surface area contributed by atoms with Gasteiger partial charge in [0, 0.05) is 45.6 Å². The van der Waals surface area contributed by atoms with Gasteiger partial charge in [0.1, 0.15) is 10.7 Å². The van der Waals surface area contributed by atoms with E-state index < -0.39 is 0 Å². The second-order valence-corrected chi connectivity index (χ2v) is 8.22. The number of thiazole rings is 1. The van der Waals surface area contributed by atoms with Crippen LogP contribution in [0.1, 0.15) is 21.3 Å². The molecule has 0 radical (unpaired) electrons. The summed E-state index contributed by atoms with van der Waals surface area (Å²) >= 11 is 1.33. The van der Waals surface area contributed by atoms with Crippen LogP contribution in [0.4, 0.5) is 9.18 Å². The number of likely N-dealkylation sites (tertiary alicyclic amines) is 2. The van der Waals surface area contributed by atoms with Crippen molar-refractivity contribution in [1.82, 2.24) is 19.7 Å². The second-order valence-electron chi connectivity index (χ2n) is 7.33. The first kappa shape index (κ1) is 17.9. The zero-order chi connectivity index (χ0) is 19.1. The van der Waals surface area contributed by atoms with E-state index in [1.165, 1.54) is 23.5 Å². The Labute approximate surface area is 161 Å². The van der Waals surface area contributed by atoms with Crippen LogP contribution in [0, 0.1) is 17.7 Å². The first-order chi connectivity index (χ1) is 13.0. The summed E-state index contributed by atoms with van der Waals surface area (Å²) in [6, 6.07) is 6.11. The van der Waals surface area contributed by atoms with Crippen LogP contribution in [0.15, 0.2) is 36.0 Å². The minimum Gasteiger partial charge on any atom is -0.337 e. The molecule has 0 aliphatic carbocycles. The summed E-state index contributed by atoms with van der Waals surface area (Å²) in [7, 11) is 3.44. The average Bonchev–Trinajstić information content (AvgIpc) is 3.35. The number of urea groups is 1. The molecule has 0 spiro atoms. The molecule has 3 atom stereocenters. The molecule has 2 aliphatic heterocycles. The van der Waals surface area contributed by atoms with Crippen molar-refractivity contribution in [3.05, 3.63) is 52.2 Å². The highest BCUT2D eigenvalue weighted by Crippen LogP contribution is 2.45. The summed E-state index contributed by atoms with van der Waals surface area (Å²) in [6.45, 7) is 1.72. The molecule has 3 amide bonds. The van der Waals surface area contributed by atoms with Crippen molar-refractivity contribution in [2.45, 2.75) is 6.04 Å². The zero-order valence-corrected chi connectivity index (χ0v) is 16.0. The Bertz CT molecular complexity index is 857. The maximum Gasteiger partial charge on any atom is 0.320 e. The highest BCUT2D eigenvalue weighted by Gasteiger charge is 2.50. The summed E-state index contributed by atoms with van der Waals surface area (Å²) in [5, 5.41) is 0. The standard InChI is InChI=1S/C19H21FN4O2S/c1-22(2)19(26)24-9-13-8-23(18(25)16-7-21-11-27-16)10-15(13)17(24)12-4-3-5-14(20)6-12/h3-7,11,13,15,17H,8-10H2,1-2H3/t13-,15-,17+/m1/s1. The number of hydrogen-bond donors (Lipinski definition) is 0. The minimum absolute atomic E-state index is 0.0182. The molecule has 2 fully saturated rings. The van der Waals surface area contributed by atoms with Gasteiger partial charge in [0.2, 0.25) is 0 Å². The van der Waals surface area contributed by atoms with Gasteiger partial charge in [-0.2, -0.15) is 0 Å². The van der Waals surface area contributed by atoms with Gasteiger partial charge in [-0.05, 0) is 17.7 Å². The third-order valence-electron chi connectivity index (χ3n) is 5.41. The number of benzene rings is 1. The van der Waals surface area contributed by atoms with Crippen LogP contribution in [0.25, 0.3) is 0 Å². The highest BCUT2D eigenvalue weighted by atomic mass is 32.1. The van der Waals surface area contributed by atoms with Crippen molar-refractivity contribution in [2.24, 2.45) is 11.8 Å². The second kappa shape index (κ2) is 6.92. The van der Waals surface area contributed by atoms with Crippen LogP contribution in [0.2, 0.25) is 0 Å². The Hall–Kier alpha value is -2.48. The number of hydrogen-bond acceptors (Lipinski definition) is 4. The Morgan fingerprint density at radius 3 is 2.74 bits per heavy atom. The maximum absolute atomic E-state index is 13.9. The maximum atomic E-state index is 13.9. The van der Waals surface area contributed by atoms with E-state index in [4.69, 9.17) is 0 Å². The highest BCUT2D eigenvalue weighted by molar-refractivity contribution is 7.11. The lowest BCUT2D eigenvalue weighted by atomic mass is 9.89. The Morgan fingerprint density at radius 2 is 2.07 bits per heavy atom. The molecule has 2 aromatic rings. The molecular weight excluding hydrogens is 367 g/mol. The number of halogens is 1. The fourth-order valence-electron chi connectivity index (χ4n) is 4.26. The molecule has 1 aromatic carbocycles. The molecule has 0 unspecified atom stereocenters. The van der Waals surface area contributed by atoms with Gasteiger partial charge in [-0.1, -0.05) is 12.1 Å². The Kier molecular flexibility index (Phi) is 4.59. The van der Waals surface area contributed by atoms with Crippen molar-refractivity contribution in [3.8, 4) is 0 Å². The molecule has 1 aromatic heterocycles. The van der Waals surface area contributed by atoms with Crippen molar-refractivity contribution >= 4 is 23.3 Å². The van der Waals surface area contributed by atoms with Crippen molar-refractivity contribution in [1.29, 1.82) is 0 Å². The first-order valence-electron chi connectivity index (χ1n) is 8.87. The minimum atomic E-state index is -0.316. The van der Waals surface area contributed by atoms with Gasteiger partial charge in [0.15, 0.2) is 0 Å². The summed E-state index contributed by atoms with van der Waals surface area (Å²) in [6.07, 6.45) is 1.59. The summed E-state index contributed by atoms with van der Waals surface area (Å²) in [5.74, 6) is -0.0641. The van der Waals surface area contributed by atoms with Crippen LogP contribution < -0.4 is 0 Å². The van der Waals surface area contributed by atoms with E-state index in [1.54, 1.807) is 36.8 Å². The van der Waals surface area contributed by atoms with Crippen LogP contribution in [0.3, 0.4) is 0 Å². The molecule has 6 nitrogen and oxygen atoms in total. The fourth-order valence-corrected chi connectivity index (χ4v) is 4.85. The number of carbonyl (C=O) groups is 2. The fraction of sp³-hybridized carbons (Fsp3) is 0.421. The topological polar surface area (TPSA) is 56.8 Å². The van der Waals surface area contributed by atoms with Crippen molar-refractivity contribution < 1.29 is 14.0 Å². The lowest BCUT2D eigenvalue weighted by Crippen LogP contribution is -2.42. The van der Waals surface area contributed by atoms with Gasteiger partial charge < -0.3 is 14.7 Å². The zero-order valence-electron chi connectivity index (χ0n) is 15.2. The summed E-state index contributed by atoms with van der Waals surface area (Å²) in [4.78, 5) is 35.2. The molecule has 8 heteroatoms. The van der Waals surface area contributed by atoms with E-state index in [1.807, 2.05) is 15.9 Å². The van der Waals surface area contributed by atoms with E-state index in [0.29, 0.717) is 24.5 Å². The van der Waals surface area contributed by atoms with Crippen LogP contribution in [-0.4, -0.2) is 65.4 Å². The average molecular weight is 388 g/mol. The van der Waals surface area contributed by atoms with Crippen LogP contribution >= 0.6 is 11.3 Å². The molecular formula is C19H21FN4O2S. The normalized spacial score (nSPS) is 24.2. The van der Waals surface area contributed by atoms with Crippen molar-refractivity contribution in [3.63, 3.8) is 0 Å². The third kappa shape index (κ3) is 3.18.